The van der Waals surface area contributed by atoms with Gasteiger partial charge in [0, 0.05) is 30.2 Å². The lowest BCUT2D eigenvalue weighted by molar-refractivity contribution is -0.384. The minimum Gasteiger partial charge on any atom is -0.326 e. The zero-order valence-electron chi connectivity index (χ0n) is 12.7. The van der Waals surface area contributed by atoms with Crippen LogP contribution >= 0.6 is 0 Å². The number of hydrogen-bond acceptors (Lipinski definition) is 3. The number of fused-ring (bicyclic) bond motifs is 3. The van der Waals surface area contributed by atoms with Crippen LogP contribution < -0.4 is 5.32 Å². The minimum atomic E-state index is -0.406. The van der Waals surface area contributed by atoms with Gasteiger partial charge in [0.15, 0.2) is 0 Å². The third-order valence-electron chi connectivity index (χ3n) is 4.47. The van der Waals surface area contributed by atoms with Gasteiger partial charge in [0.1, 0.15) is 0 Å². The predicted molar refractivity (Wildman–Crippen MR) is 92.1 cm³/mol. The molecular weight excluding hydrogens is 304 g/mol. The molecule has 0 bridgehead atoms. The standard InChI is InChI=1S/C19H14N2O3/c22-18-11-16(13-5-3-6-14(10-13)21(23)24)19-15-7-2-1-4-12(15)8-9-17(19)20-18/h1-10,16H,11H2,(H,20,22)/t16-/m0/s1. The van der Waals surface area contributed by atoms with Gasteiger partial charge in [-0.05, 0) is 28.0 Å². The van der Waals surface area contributed by atoms with Crippen LogP contribution in [0.25, 0.3) is 10.8 Å². The summed E-state index contributed by atoms with van der Waals surface area (Å²) in [6.45, 7) is 0. The number of nitrogens with one attached hydrogen (secondary N) is 1. The summed E-state index contributed by atoms with van der Waals surface area (Å²) in [6, 6.07) is 18.4. The molecule has 1 aliphatic heterocycles. The van der Waals surface area contributed by atoms with Gasteiger partial charge < -0.3 is 5.32 Å². The van der Waals surface area contributed by atoms with Gasteiger partial charge in [-0.2, -0.15) is 0 Å². The van der Waals surface area contributed by atoms with E-state index in [0.717, 1.165) is 27.6 Å². The molecule has 0 saturated heterocycles. The Balaban J connectivity index is 1.95. The fourth-order valence-corrected chi connectivity index (χ4v) is 3.41. The molecule has 5 heteroatoms. The van der Waals surface area contributed by atoms with Crippen LogP contribution in [0.3, 0.4) is 0 Å². The number of nitro groups is 1. The number of amides is 1. The van der Waals surface area contributed by atoms with Gasteiger partial charge in [0.05, 0.1) is 4.92 Å². The van der Waals surface area contributed by atoms with Crippen molar-refractivity contribution in [3.8, 4) is 0 Å². The fraction of sp³-hybridized carbons (Fsp3) is 0.105. The Kier molecular flexibility index (Phi) is 3.27. The van der Waals surface area contributed by atoms with Crippen LogP contribution in [0.15, 0.2) is 60.7 Å². The van der Waals surface area contributed by atoms with E-state index in [9.17, 15) is 14.9 Å². The second kappa shape index (κ2) is 5.45. The third-order valence-corrected chi connectivity index (χ3v) is 4.47. The summed E-state index contributed by atoms with van der Waals surface area (Å²) in [5.74, 6) is -0.269. The van der Waals surface area contributed by atoms with Crippen LogP contribution in [0, 0.1) is 10.1 Å². The first-order valence-electron chi connectivity index (χ1n) is 7.69. The molecule has 5 nitrogen and oxygen atoms in total. The summed E-state index contributed by atoms with van der Waals surface area (Å²) in [4.78, 5) is 22.8. The normalized spacial score (nSPS) is 16.5. The van der Waals surface area contributed by atoms with Crippen LogP contribution in [-0.4, -0.2) is 10.8 Å². The molecule has 24 heavy (non-hydrogen) atoms. The molecule has 0 saturated carbocycles. The zero-order chi connectivity index (χ0) is 16.7. The number of rotatable bonds is 2. The first-order valence-corrected chi connectivity index (χ1v) is 7.69. The van der Waals surface area contributed by atoms with E-state index in [4.69, 9.17) is 0 Å². The highest BCUT2D eigenvalue weighted by atomic mass is 16.6. The van der Waals surface area contributed by atoms with E-state index in [1.54, 1.807) is 12.1 Å². The summed E-state index contributed by atoms with van der Waals surface area (Å²) in [5.41, 5.74) is 2.63. The van der Waals surface area contributed by atoms with Gasteiger partial charge in [-0.1, -0.05) is 42.5 Å². The molecule has 1 heterocycles. The van der Waals surface area contributed by atoms with Gasteiger partial charge >= 0.3 is 0 Å². The van der Waals surface area contributed by atoms with Crippen molar-refractivity contribution in [1.82, 2.24) is 0 Å². The molecule has 1 atom stereocenters. The van der Waals surface area contributed by atoms with Crippen molar-refractivity contribution in [2.24, 2.45) is 0 Å². The number of carbonyl (C=O) groups excluding carboxylic acids is 1. The van der Waals surface area contributed by atoms with Crippen LogP contribution in [0.4, 0.5) is 11.4 Å². The van der Waals surface area contributed by atoms with Crippen molar-refractivity contribution < 1.29 is 9.72 Å². The average molecular weight is 318 g/mol. The Morgan fingerprint density at radius 2 is 1.88 bits per heavy atom. The molecule has 0 unspecified atom stereocenters. The van der Waals surface area contributed by atoms with Crippen molar-refractivity contribution in [2.75, 3.05) is 5.32 Å². The lowest BCUT2D eigenvalue weighted by atomic mass is 9.82. The van der Waals surface area contributed by atoms with Gasteiger partial charge in [0.25, 0.3) is 5.69 Å². The molecule has 1 N–H and O–H groups in total. The first-order chi connectivity index (χ1) is 11.6. The first kappa shape index (κ1) is 14.4. The van der Waals surface area contributed by atoms with E-state index in [-0.39, 0.29) is 23.9 Å². The number of benzene rings is 3. The largest absolute Gasteiger partial charge is 0.326 e. The van der Waals surface area contributed by atoms with Crippen molar-refractivity contribution in [3.05, 3.63) is 81.9 Å². The number of hydrogen-bond donors (Lipinski definition) is 1. The molecule has 3 aromatic carbocycles. The number of nitro benzene ring substituents is 1. The van der Waals surface area contributed by atoms with Gasteiger partial charge in [-0.25, -0.2) is 0 Å². The quantitative estimate of drug-likeness (QED) is 0.568. The van der Waals surface area contributed by atoms with Crippen molar-refractivity contribution in [2.45, 2.75) is 12.3 Å². The van der Waals surface area contributed by atoms with Gasteiger partial charge in [-0.3, -0.25) is 14.9 Å². The van der Waals surface area contributed by atoms with Crippen molar-refractivity contribution >= 4 is 28.1 Å². The number of carbonyl (C=O) groups is 1. The topological polar surface area (TPSA) is 72.2 Å². The lowest BCUT2D eigenvalue weighted by Gasteiger charge is -2.27. The summed E-state index contributed by atoms with van der Waals surface area (Å²) >= 11 is 0. The Morgan fingerprint density at radius 1 is 1.04 bits per heavy atom. The summed E-state index contributed by atoms with van der Waals surface area (Å²) in [6.07, 6.45) is 0.280. The Bertz CT molecular complexity index is 981. The van der Waals surface area contributed by atoms with E-state index < -0.39 is 4.92 Å². The summed E-state index contributed by atoms with van der Waals surface area (Å²) < 4.78 is 0. The molecule has 118 valence electrons. The number of nitrogens with zero attached hydrogens (tertiary/aromatic N) is 1. The average Bonchev–Trinajstić information content (AvgIpc) is 2.60. The Labute approximate surface area is 138 Å². The SMILES string of the molecule is O=C1C[C@@H](c2cccc([N+](=O)[O-])c2)c2c(ccc3ccccc23)N1. The van der Waals surface area contributed by atoms with Crippen LogP contribution in [0.5, 0.6) is 0 Å². The number of non-ortho nitro benzene ring substituents is 1. The molecule has 0 spiro atoms. The molecule has 1 aliphatic rings. The molecule has 4 rings (SSSR count). The molecule has 3 aromatic rings. The fourth-order valence-electron chi connectivity index (χ4n) is 3.41. The van der Waals surface area contributed by atoms with Crippen molar-refractivity contribution in [1.29, 1.82) is 0 Å². The Morgan fingerprint density at radius 3 is 2.71 bits per heavy atom. The highest BCUT2D eigenvalue weighted by Gasteiger charge is 2.29. The maximum absolute atomic E-state index is 12.1. The maximum Gasteiger partial charge on any atom is 0.269 e. The van der Waals surface area contributed by atoms with Crippen molar-refractivity contribution in [3.63, 3.8) is 0 Å². The van der Waals surface area contributed by atoms with E-state index in [1.165, 1.54) is 6.07 Å². The smallest absolute Gasteiger partial charge is 0.269 e. The summed E-state index contributed by atoms with van der Waals surface area (Å²) in [7, 11) is 0. The van der Waals surface area contributed by atoms with E-state index in [2.05, 4.69) is 5.32 Å². The van der Waals surface area contributed by atoms with E-state index in [1.807, 2.05) is 42.5 Å². The molecule has 1 amide bonds. The molecule has 0 aromatic heterocycles. The Hall–Kier alpha value is -3.21. The highest BCUT2D eigenvalue weighted by Crippen LogP contribution is 2.41. The molecule has 0 fully saturated rings. The van der Waals surface area contributed by atoms with Gasteiger partial charge in [0.2, 0.25) is 5.91 Å². The third kappa shape index (κ3) is 2.31. The van der Waals surface area contributed by atoms with Crippen LogP contribution in [0.1, 0.15) is 23.5 Å². The summed E-state index contributed by atoms with van der Waals surface area (Å²) in [5, 5.41) is 16.1. The highest BCUT2D eigenvalue weighted by molar-refractivity contribution is 6.01. The maximum atomic E-state index is 12.1. The van der Waals surface area contributed by atoms with Gasteiger partial charge in [-0.15, -0.1) is 0 Å². The predicted octanol–water partition coefficient (Wildman–Crippen LogP) is 4.22. The minimum absolute atomic E-state index is 0.0419. The molecule has 0 radical (unpaired) electrons. The lowest BCUT2D eigenvalue weighted by Crippen LogP contribution is -2.23. The van der Waals surface area contributed by atoms with Crippen LogP contribution in [0.2, 0.25) is 0 Å². The zero-order valence-corrected chi connectivity index (χ0v) is 12.7. The number of anilines is 1. The molecule has 0 aliphatic carbocycles. The molecular formula is C19H14N2O3. The monoisotopic (exact) mass is 318 g/mol. The second-order valence-electron chi connectivity index (χ2n) is 5.90. The van der Waals surface area contributed by atoms with Crippen LogP contribution in [-0.2, 0) is 4.79 Å². The second-order valence-corrected chi connectivity index (χ2v) is 5.90. The van der Waals surface area contributed by atoms with E-state index in [0.29, 0.717) is 0 Å². The van der Waals surface area contributed by atoms with E-state index >= 15 is 0 Å².